The lowest BCUT2D eigenvalue weighted by Crippen LogP contribution is -2.72. The molecule has 3 unspecified atom stereocenters. The minimum absolute atomic E-state index is 0.00293. The Labute approximate surface area is 281 Å². The monoisotopic (exact) mass is 662 g/mol. The topological polar surface area (TPSA) is 149 Å². The predicted molar refractivity (Wildman–Crippen MR) is 177 cm³/mol. The lowest BCUT2D eigenvalue weighted by Gasteiger charge is -2.56. The van der Waals surface area contributed by atoms with Crippen molar-refractivity contribution in [3.05, 3.63) is 57.9 Å². The van der Waals surface area contributed by atoms with E-state index in [1.165, 1.54) is 0 Å². The molecule has 4 bridgehead atoms. The van der Waals surface area contributed by atoms with Gasteiger partial charge in [-0.2, -0.15) is 0 Å². The van der Waals surface area contributed by atoms with E-state index < -0.39 is 51.7 Å². The van der Waals surface area contributed by atoms with Gasteiger partial charge >= 0.3 is 0 Å². The molecule has 0 amide bonds. The average molecular weight is 663 g/mol. The molecule has 1 saturated heterocycles. The molecule has 3 aliphatic carbocycles. The highest BCUT2D eigenvalue weighted by Crippen LogP contribution is 2.68. The number of aliphatic hydroxyl groups is 2. The van der Waals surface area contributed by atoms with E-state index in [-0.39, 0.29) is 41.4 Å². The molecule has 1 saturated carbocycles. The predicted octanol–water partition coefficient (Wildman–Crippen LogP) is 5.45. The molecule has 1 aromatic carbocycles. The van der Waals surface area contributed by atoms with Gasteiger partial charge in [0, 0.05) is 29.4 Å². The number of aromatic hydroxyl groups is 1. The average Bonchev–Trinajstić information content (AvgIpc) is 3.15. The number of rotatable bonds is 10. The highest BCUT2D eigenvalue weighted by atomic mass is 16.6. The van der Waals surface area contributed by atoms with E-state index >= 15 is 0 Å². The molecule has 3 heterocycles. The summed E-state index contributed by atoms with van der Waals surface area (Å²) in [5.74, 6) is -1.11. The molecule has 3 aliphatic heterocycles. The number of phenols is 1. The van der Waals surface area contributed by atoms with Crippen molar-refractivity contribution in [3.8, 4) is 17.2 Å². The molecule has 6 atom stereocenters. The van der Waals surface area contributed by atoms with Crippen LogP contribution in [0.15, 0.2) is 41.2 Å². The number of carbonyl (C=O) groups is 3. The molecule has 1 aromatic rings. The van der Waals surface area contributed by atoms with Crippen molar-refractivity contribution in [2.75, 3.05) is 0 Å². The second-order valence-corrected chi connectivity index (χ2v) is 15.5. The molecule has 7 rings (SSSR count). The number of hydrogen-bond donors (Lipinski definition) is 3. The number of carbonyl (C=O) groups excluding carboxylic acids is 3. The van der Waals surface area contributed by atoms with Gasteiger partial charge in [-0.25, -0.2) is 0 Å². The summed E-state index contributed by atoms with van der Waals surface area (Å²) in [5, 5.41) is 32.7. The summed E-state index contributed by atoms with van der Waals surface area (Å²) in [6, 6.07) is 0. The van der Waals surface area contributed by atoms with Crippen molar-refractivity contribution >= 4 is 24.1 Å². The highest BCUT2D eigenvalue weighted by Gasteiger charge is 2.81. The largest absolute Gasteiger partial charge is 0.506 e. The zero-order valence-corrected chi connectivity index (χ0v) is 28.9. The van der Waals surface area contributed by atoms with E-state index in [0.29, 0.717) is 48.2 Å². The third kappa shape index (κ3) is 4.90. The first-order valence-electron chi connectivity index (χ1n) is 16.6. The Morgan fingerprint density at radius 1 is 1.12 bits per heavy atom. The second kappa shape index (κ2) is 11.1. The number of Topliss-reactive ketones (excluding diaryl/α,β-unsaturated/α-hetero) is 2. The zero-order valence-electron chi connectivity index (χ0n) is 28.9. The normalized spacial score (nSPS) is 31.5. The van der Waals surface area contributed by atoms with Crippen LogP contribution in [0.2, 0.25) is 0 Å². The van der Waals surface area contributed by atoms with Gasteiger partial charge in [0.05, 0.1) is 22.9 Å². The van der Waals surface area contributed by atoms with Gasteiger partial charge in [-0.1, -0.05) is 17.7 Å². The number of ketones is 2. The maximum atomic E-state index is 14.8. The van der Waals surface area contributed by atoms with E-state index in [0.717, 1.165) is 5.57 Å². The molecule has 48 heavy (non-hydrogen) atoms. The van der Waals surface area contributed by atoms with Gasteiger partial charge in [0.1, 0.15) is 34.2 Å². The van der Waals surface area contributed by atoms with Gasteiger partial charge < -0.3 is 34.3 Å². The number of allylic oxidation sites excluding steroid dienone is 4. The van der Waals surface area contributed by atoms with Crippen molar-refractivity contribution in [2.24, 2.45) is 11.8 Å². The number of benzene rings is 1. The summed E-state index contributed by atoms with van der Waals surface area (Å²) < 4.78 is 25.6. The van der Waals surface area contributed by atoms with Gasteiger partial charge in [0.15, 0.2) is 22.8 Å². The van der Waals surface area contributed by atoms with E-state index in [9.17, 15) is 29.7 Å². The molecule has 10 heteroatoms. The number of aliphatic hydroxyl groups excluding tert-OH is 1. The van der Waals surface area contributed by atoms with Crippen LogP contribution < -0.4 is 9.47 Å². The van der Waals surface area contributed by atoms with Gasteiger partial charge in [-0.3, -0.25) is 14.4 Å². The summed E-state index contributed by atoms with van der Waals surface area (Å²) in [6.07, 6.45) is 9.15. The zero-order chi connectivity index (χ0) is 35.2. The number of phenolic OH excluding ortho intramolecular Hbond substituents is 1. The fourth-order valence-corrected chi connectivity index (χ4v) is 8.33. The van der Waals surface area contributed by atoms with Crippen molar-refractivity contribution < 1.29 is 48.7 Å². The van der Waals surface area contributed by atoms with Crippen LogP contribution in [-0.2, 0) is 25.5 Å². The van der Waals surface area contributed by atoms with Gasteiger partial charge in [0.2, 0.25) is 0 Å². The van der Waals surface area contributed by atoms with Crippen molar-refractivity contribution in [1.29, 1.82) is 0 Å². The summed E-state index contributed by atoms with van der Waals surface area (Å²) in [5.41, 5.74) is -4.01. The van der Waals surface area contributed by atoms with Gasteiger partial charge in [0.25, 0.3) is 6.47 Å². The van der Waals surface area contributed by atoms with E-state index in [2.05, 4.69) is 0 Å². The van der Waals surface area contributed by atoms with Crippen LogP contribution in [0.1, 0.15) is 103 Å². The Balaban J connectivity index is 1.55. The fourth-order valence-electron chi connectivity index (χ4n) is 8.33. The van der Waals surface area contributed by atoms with E-state index in [4.69, 9.17) is 18.9 Å². The molecular weight excluding hydrogens is 616 g/mol. The highest BCUT2D eigenvalue weighted by molar-refractivity contribution is 6.19. The van der Waals surface area contributed by atoms with Crippen LogP contribution in [0.5, 0.6) is 17.2 Å². The van der Waals surface area contributed by atoms with Crippen molar-refractivity contribution in [2.45, 2.75) is 122 Å². The summed E-state index contributed by atoms with van der Waals surface area (Å²) in [4.78, 5) is 40.2. The first kappa shape index (κ1) is 34.1. The Morgan fingerprint density at radius 2 is 1.83 bits per heavy atom. The number of ether oxygens (including phenoxy) is 4. The lowest BCUT2D eigenvalue weighted by molar-refractivity contribution is -0.171. The lowest BCUT2D eigenvalue weighted by atomic mass is 9.51. The molecule has 6 aliphatic rings. The summed E-state index contributed by atoms with van der Waals surface area (Å²) >= 11 is 0. The Bertz CT molecular complexity index is 1720. The van der Waals surface area contributed by atoms with Crippen LogP contribution in [0.4, 0.5) is 0 Å². The van der Waals surface area contributed by atoms with Crippen LogP contribution in [0, 0.1) is 11.8 Å². The Morgan fingerprint density at radius 3 is 2.48 bits per heavy atom. The molecule has 3 N–H and O–H groups in total. The molecular formula is C38H46O10. The smallest absolute Gasteiger partial charge is 0.298 e. The van der Waals surface area contributed by atoms with Crippen molar-refractivity contribution in [3.63, 3.8) is 0 Å². The molecule has 2 fully saturated rings. The Hall–Kier alpha value is -3.73. The summed E-state index contributed by atoms with van der Waals surface area (Å²) in [6.45, 7) is 14.6. The number of hydrogen-bond acceptors (Lipinski definition) is 10. The quantitative estimate of drug-likeness (QED) is 0.168. The first-order valence-corrected chi connectivity index (χ1v) is 16.6. The minimum Gasteiger partial charge on any atom is -0.506 e. The molecule has 258 valence electrons. The maximum Gasteiger partial charge on any atom is 0.298 e. The number of fused-ring (bicyclic) bond motifs is 2. The Kier molecular flexibility index (Phi) is 7.93. The first-order chi connectivity index (χ1) is 22.3. The SMILES string of the molecule is CC(C)=CCc1c2c(c(O)c3c1O[C@]14C(=C[C@@H]5CC1C(C)(C)OC4(CC=C(C)OC=O)C5=O)C3=O)C=C[C@@](C)(CCC(O)C(C)(C)O)O2. The molecule has 10 nitrogen and oxygen atoms in total. The third-order valence-corrected chi connectivity index (χ3v) is 10.9. The van der Waals surface area contributed by atoms with Gasteiger partial charge in [-0.15, -0.1) is 0 Å². The summed E-state index contributed by atoms with van der Waals surface area (Å²) in [7, 11) is 0. The second-order valence-electron chi connectivity index (χ2n) is 15.5. The van der Waals surface area contributed by atoms with Crippen LogP contribution >= 0.6 is 0 Å². The van der Waals surface area contributed by atoms with Crippen LogP contribution in [0.3, 0.4) is 0 Å². The fraction of sp³-hybridized carbons (Fsp3) is 0.553. The van der Waals surface area contributed by atoms with Crippen LogP contribution in [0.25, 0.3) is 6.08 Å². The molecule has 0 radical (unpaired) electrons. The van der Waals surface area contributed by atoms with Crippen LogP contribution in [-0.4, -0.2) is 67.5 Å². The molecule has 1 spiro atoms. The minimum atomic E-state index is -1.60. The van der Waals surface area contributed by atoms with Gasteiger partial charge in [-0.05, 0) is 99.3 Å². The van der Waals surface area contributed by atoms with E-state index in [1.54, 1.807) is 45.1 Å². The standard InChI is InChI=1S/C38H46O10/c1-20(2)9-10-24-31-23(12-14-36(8,46-31)15-13-27(40)34(4,5)44)29(41)28-30(42)25-17-22-18-26-35(6,7)48-37(33(22)43,16-11-21(3)45-19-39)38(25,26)47-32(24)28/h9,11-12,14,17,19,22,26-27,40-41,44H,10,13,15-16,18H2,1-8H3/t22-,26?,27?,36+,37?,38-/m1/s1. The van der Waals surface area contributed by atoms with Crippen molar-refractivity contribution in [1.82, 2.24) is 0 Å². The maximum absolute atomic E-state index is 14.8. The third-order valence-electron chi connectivity index (χ3n) is 10.9. The van der Waals surface area contributed by atoms with E-state index in [1.807, 2.05) is 40.7 Å². The molecule has 0 aromatic heterocycles.